The number of benzene rings is 1. The van der Waals surface area contributed by atoms with Crippen LogP contribution in [0, 0.1) is 0 Å². The maximum absolute atomic E-state index is 2.35. The molecule has 2 aliphatic carbocycles. The van der Waals surface area contributed by atoms with Gasteiger partial charge in [0, 0.05) is 0 Å². The molecular formula is C15H14. The van der Waals surface area contributed by atoms with E-state index in [1.165, 1.54) is 29.6 Å². The molecule has 74 valence electrons. The second-order valence-corrected chi connectivity index (χ2v) is 4.21. The Labute approximate surface area is 90.6 Å². The summed E-state index contributed by atoms with van der Waals surface area (Å²) in [6.07, 6.45) is 10.5. The van der Waals surface area contributed by atoms with Gasteiger partial charge in [-0.2, -0.15) is 0 Å². The molecule has 1 aromatic carbocycles. The third kappa shape index (κ3) is 1.56. The lowest BCUT2D eigenvalue weighted by Gasteiger charge is -2.07. The van der Waals surface area contributed by atoms with E-state index in [1.807, 2.05) is 0 Å². The lowest BCUT2D eigenvalue weighted by atomic mass is 9.98. The third-order valence-electron chi connectivity index (χ3n) is 3.20. The molecule has 0 bridgehead atoms. The van der Waals surface area contributed by atoms with Crippen LogP contribution in [0.1, 0.15) is 24.8 Å². The van der Waals surface area contributed by atoms with Crippen LogP contribution in [0.15, 0.2) is 59.7 Å². The van der Waals surface area contributed by atoms with Crippen molar-refractivity contribution >= 4 is 5.57 Å². The van der Waals surface area contributed by atoms with Gasteiger partial charge in [-0.3, -0.25) is 0 Å². The van der Waals surface area contributed by atoms with Gasteiger partial charge in [-0.1, -0.05) is 54.1 Å². The van der Waals surface area contributed by atoms with E-state index in [9.17, 15) is 0 Å². The first kappa shape index (κ1) is 8.72. The fourth-order valence-corrected chi connectivity index (χ4v) is 2.38. The van der Waals surface area contributed by atoms with Gasteiger partial charge in [0.25, 0.3) is 0 Å². The molecule has 0 aliphatic heterocycles. The smallest absolute Gasteiger partial charge is 0.00518 e. The Morgan fingerprint density at radius 1 is 1.00 bits per heavy atom. The standard InChI is InChI=1S/C15H14/c1-2-6-12(7-3-1)15-10-13-8-4-5-9-14(13)11-15/h1-4,6-8,10H,5,9,11H2. The molecule has 3 rings (SSSR count). The first-order valence-corrected chi connectivity index (χ1v) is 5.58. The van der Waals surface area contributed by atoms with E-state index in [4.69, 9.17) is 0 Å². The highest BCUT2D eigenvalue weighted by atomic mass is 14.2. The Hall–Kier alpha value is -1.56. The van der Waals surface area contributed by atoms with Crippen molar-refractivity contribution in [3.05, 3.63) is 65.3 Å². The first-order valence-electron chi connectivity index (χ1n) is 5.58. The summed E-state index contributed by atoms with van der Waals surface area (Å²) in [5.74, 6) is 0. The van der Waals surface area contributed by atoms with Crippen LogP contribution in [0.5, 0.6) is 0 Å². The van der Waals surface area contributed by atoms with Crippen LogP contribution in [-0.4, -0.2) is 0 Å². The van der Waals surface area contributed by atoms with Gasteiger partial charge in [-0.05, 0) is 36.0 Å². The van der Waals surface area contributed by atoms with Crippen LogP contribution in [0.25, 0.3) is 5.57 Å². The number of allylic oxidation sites excluding steroid dienone is 6. The third-order valence-corrected chi connectivity index (χ3v) is 3.20. The van der Waals surface area contributed by atoms with Crippen LogP contribution in [-0.2, 0) is 0 Å². The lowest BCUT2D eigenvalue weighted by molar-refractivity contribution is 0.930. The van der Waals surface area contributed by atoms with Crippen molar-refractivity contribution in [2.75, 3.05) is 0 Å². The summed E-state index contributed by atoms with van der Waals surface area (Å²) in [6.45, 7) is 0. The molecule has 0 aromatic heterocycles. The predicted octanol–water partition coefficient (Wildman–Crippen LogP) is 4.12. The van der Waals surface area contributed by atoms with E-state index in [0.717, 1.165) is 6.42 Å². The van der Waals surface area contributed by atoms with Gasteiger partial charge in [-0.15, -0.1) is 0 Å². The van der Waals surface area contributed by atoms with Crippen molar-refractivity contribution in [2.24, 2.45) is 0 Å². The van der Waals surface area contributed by atoms with Crippen molar-refractivity contribution < 1.29 is 0 Å². The number of hydrogen-bond donors (Lipinski definition) is 0. The lowest BCUT2D eigenvalue weighted by Crippen LogP contribution is -1.88. The van der Waals surface area contributed by atoms with E-state index in [-0.39, 0.29) is 0 Å². The van der Waals surface area contributed by atoms with Gasteiger partial charge in [0.15, 0.2) is 0 Å². The maximum Gasteiger partial charge on any atom is -0.00518 e. The van der Waals surface area contributed by atoms with Crippen LogP contribution in [0.3, 0.4) is 0 Å². The van der Waals surface area contributed by atoms with Crippen molar-refractivity contribution in [3.63, 3.8) is 0 Å². The highest BCUT2D eigenvalue weighted by Crippen LogP contribution is 2.37. The molecule has 0 N–H and O–H groups in total. The molecular weight excluding hydrogens is 180 g/mol. The topological polar surface area (TPSA) is 0 Å². The second kappa shape index (κ2) is 3.54. The van der Waals surface area contributed by atoms with Crippen LogP contribution in [0.4, 0.5) is 0 Å². The van der Waals surface area contributed by atoms with Crippen molar-refractivity contribution in [3.8, 4) is 0 Å². The van der Waals surface area contributed by atoms with Crippen LogP contribution in [0.2, 0.25) is 0 Å². The van der Waals surface area contributed by atoms with Crippen molar-refractivity contribution in [1.29, 1.82) is 0 Å². The van der Waals surface area contributed by atoms with E-state index >= 15 is 0 Å². The molecule has 0 spiro atoms. The van der Waals surface area contributed by atoms with E-state index in [0.29, 0.717) is 0 Å². The summed E-state index contributed by atoms with van der Waals surface area (Å²) in [4.78, 5) is 0. The zero-order valence-corrected chi connectivity index (χ0v) is 8.74. The number of hydrogen-bond acceptors (Lipinski definition) is 0. The molecule has 0 nitrogen and oxygen atoms in total. The zero-order chi connectivity index (χ0) is 10.1. The molecule has 15 heavy (non-hydrogen) atoms. The monoisotopic (exact) mass is 194 g/mol. The molecule has 0 fully saturated rings. The average Bonchev–Trinajstić information content (AvgIpc) is 2.74. The minimum absolute atomic E-state index is 1.16. The fraction of sp³-hybridized carbons (Fsp3) is 0.200. The molecule has 0 atom stereocenters. The quantitative estimate of drug-likeness (QED) is 0.630. The van der Waals surface area contributed by atoms with E-state index in [1.54, 1.807) is 5.57 Å². The van der Waals surface area contributed by atoms with Crippen molar-refractivity contribution in [1.82, 2.24) is 0 Å². The summed E-state index contributed by atoms with van der Waals surface area (Å²) in [6, 6.07) is 10.7. The van der Waals surface area contributed by atoms with Crippen LogP contribution >= 0.6 is 0 Å². The SMILES string of the molecule is C1=CC2=C(CC1)CC(c1ccccc1)=C2. The Balaban J connectivity index is 1.92. The Bertz CT molecular complexity index is 458. The highest BCUT2D eigenvalue weighted by Gasteiger charge is 2.16. The first-order chi connectivity index (χ1) is 7.43. The summed E-state index contributed by atoms with van der Waals surface area (Å²) in [7, 11) is 0. The summed E-state index contributed by atoms with van der Waals surface area (Å²) in [5, 5.41) is 0. The van der Waals surface area contributed by atoms with Gasteiger partial charge in [0.2, 0.25) is 0 Å². The molecule has 0 amide bonds. The Morgan fingerprint density at radius 3 is 2.67 bits per heavy atom. The maximum atomic E-state index is 2.35. The molecule has 1 aromatic rings. The molecule has 0 unspecified atom stereocenters. The summed E-state index contributed by atoms with van der Waals surface area (Å²) in [5.41, 5.74) is 5.93. The zero-order valence-electron chi connectivity index (χ0n) is 8.74. The Morgan fingerprint density at radius 2 is 1.87 bits per heavy atom. The molecule has 0 heterocycles. The van der Waals surface area contributed by atoms with E-state index < -0.39 is 0 Å². The summed E-state index contributed by atoms with van der Waals surface area (Å²) >= 11 is 0. The van der Waals surface area contributed by atoms with Gasteiger partial charge >= 0.3 is 0 Å². The fourth-order valence-electron chi connectivity index (χ4n) is 2.38. The average molecular weight is 194 g/mol. The van der Waals surface area contributed by atoms with Gasteiger partial charge in [-0.25, -0.2) is 0 Å². The van der Waals surface area contributed by atoms with Gasteiger partial charge < -0.3 is 0 Å². The van der Waals surface area contributed by atoms with E-state index in [2.05, 4.69) is 48.6 Å². The second-order valence-electron chi connectivity index (χ2n) is 4.21. The largest absolute Gasteiger partial charge is 0.0836 e. The van der Waals surface area contributed by atoms with Crippen molar-refractivity contribution in [2.45, 2.75) is 19.3 Å². The minimum atomic E-state index is 1.16. The summed E-state index contributed by atoms with van der Waals surface area (Å²) < 4.78 is 0. The molecule has 0 saturated carbocycles. The van der Waals surface area contributed by atoms with Gasteiger partial charge in [0.05, 0.1) is 0 Å². The van der Waals surface area contributed by atoms with Gasteiger partial charge in [0.1, 0.15) is 0 Å². The molecule has 0 heteroatoms. The van der Waals surface area contributed by atoms with Crippen LogP contribution < -0.4 is 0 Å². The molecule has 2 aliphatic rings. The Kier molecular flexibility index (Phi) is 2.06. The highest BCUT2D eigenvalue weighted by molar-refractivity contribution is 5.76. The number of rotatable bonds is 1. The minimum Gasteiger partial charge on any atom is -0.0836 e. The predicted molar refractivity (Wildman–Crippen MR) is 64.4 cm³/mol. The normalized spacial score (nSPS) is 19.1. The molecule has 0 radical (unpaired) electrons. The molecule has 0 saturated heterocycles.